The van der Waals surface area contributed by atoms with Gasteiger partial charge in [0.25, 0.3) is 0 Å². The summed E-state index contributed by atoms with van der Waals surface area (Å²) < 4.78 is 0. The molecule has 0 fully saturated rings. The van der Waals surface area contributed by atoms with Crippen molar-refractivity contribution in [2.75, 3.05) is 0 Å². The first kappa shape index (κ1) is 15.5. The lowest BCUT2D eigenvalue weighted by Gasteiger charge is -2.12. The Morgan fingerprint density at radius 1 is 1.16 bits per heavy atom. The zero-order valence-corrected chi connectivity index (χ0v) is 13.1. The molecule has 0 aliphatic rings. The van der Waals surface area contributed by atoms with Gasteiger partial charge in [0.2, 0.25) is 0 Å². The van der Waals surface area contributed by atoms with E-state index in [-0.39, 0.29) is 0 Å². The van der Waals surface area contributed by atoms with E-state index >= 15 is 0 Å². The van der Waals surface area contributed by atoms with Crippen molar-refractivity contribution in [2.24, 2.45) is 0 Å². The third-order valence-corrected chi connectivity index (χ3v) is 3.52. The molecule has 0 aliphatic carbocycles. The fourth-order valence-corrected chi connectivity index (χ4v) is 2.04. The molecule has 0 atom stereocenters. The van der Waals surface area contributed by atoms with Gasteiger partial charge in [-0.15, -0.1) is 0 Å². The number of benzene rings is 1. The first-order valence-electron chi connectivity index (χ1n) is 7.04. The molecule has 0 radical (unpaired) electrons. The van der Waals surface area contributed by atoms with Crippen LogP contribution < -0.4 is 0 Å². The van der Waals surface area contributed by atoms with Gasteiger partial charge in [0.15, 0.2) is 0 Å². The van der Waals surface area contributed by atoms with E-state index in [4.69, 9.17) is 0 Å². The molecule has 0 nitrogen and oxygen atoms in total. The van der Waals surface area contributed by atoms with E-state index in [1.165, 1.54) is 27.8 Å². The number of hydrogen-bond donors (Lipinski definition) is 0. The van der Waals surface area contributed by atoms with Crippen LogP contribution in [0.2, 0.25) is 0 Å². The van der Waals surface area contributed by atoms with Gasteiger partial charge in [0.1, 0.15) is 0 Å². The highest BCUT2D eigenvalue weighted by Gasteiger charge is 2.05. The number of aryl methyl sites for hydroxylation is 1. The number of rotatable bonds is 4. The van der Waals surface area contributed by atoms with Gasteiger partial charge < -0.3 is 0 Å². The molecule has 19 heavy (non-hydrogen) atoms. The molecule has 0 N–H and O–H groups in total. The molecule has 0 spiro atoms. The summed E-state index contributed by atoms with van der Waals surface area (Å²) in [5, 5.41) is 0. The highest BCUT2D eigenvalue weighted by atomic mass is 14.1. The van der Waals surface area contributed by atoms with Crippen LogP contribution in [0.5, 0.6) is 0 Å². The highest BCUT2D eigenvalue weighted by Crippen LogP contribution is 2.24. The van der Waals surface area contributed by atoms with E-state index in [1.54, 1.807) is 0 Å². The van der Waals surface area contributed by atoms with E-state index < -0.39 is 0 Å². The molecule has 0 aliphatic heterocycles. The first-order chi connectivity index (χ1) is 8.95. The summed E-state index contributed by atoms with van der Waals surface area (Å²) in [7, 11) is 0. The second-order valence-corrected chi connectivity index (χ2v) is 5.47. The normalized spacial score (nSPS) is 13.6. The van der Waals surface area contributed by atoms with Crippen LogP contribution in [0.4, 0.5) is 0 Å². The molecule has 0 saturated heterocycles. The molecule has 0 saturated carbocycles. The molecule has 0 heteroatoms. The van der Waals surface area contributed by atoms with Crippen LogP contribution in [0.1, 0.15) is 57.2 Å². The summed E-state index contributed by atoms with van der Waals surface area (Å²) in [6.45, 7) is 13.0. The Labute approximate surface area is 118 Å². The van der Waals surface area contributed by atoms with E-state index in [2.05, 4.69) is 84.0 Å². The van der Waals surface area contributed by atoms with Crippen LogP contribution >= 0.6 is 0 Å². The summed E-state index contributed by atoms with van der Waals surface area (Å²) in [6, 6.07) is 6.76. The van der Waals surface area contributed by atoms with Crippen molar-refractivity contribution in [1.29, 1.82) is 0 Å². The van der Waals surface area contributed by atoms with Crippen LogP contribution in [0.3, 0.4) is 0 Å². The fraction of sp³-hybridized carbons (Fsp3) is 0.368. The maximum atomic E-state index is 2.32. The van der Waals surface area contributed by atoms with E-state index in [0.29, 0.717) is 5.92 Å². The van der Waals surface area contributed by atoms with Crippen LogP contribution in [-0.4, -0.2) is 0 Å². The summed E-state index contributed by atoms with van der Waals surface area (Å²) in [4.78, 5) is 0. The summed E-state index contributed by atoms with van der Waals surface area (Å²) in [5.41, 5.74) is 6.74. The fourth-order valence-electron chi connectivity index (χ4n) is 2.04. The van der Waals surface area contributed by atoms with Crippen molar-refractivity contribution in [3.63, 3.8) is 0 Å². The minimum atomic E-state index is 0.577. The predicted molar refractivity (Wildman–Crippen MR) is 87.5 cm³/mol. The molecule has 102 valence electrons. The van der Waals surface area contributed by atoms with Gasteiger partial charge in [0, 0.05) is 0 Å². The van der Waals surface area contributed by atoms with Crippen molar-refractivity contribution < 1.29 is 0 Å². The third kappa shape index (κ3) is 4.55. The Bertz CT molecular complexity index is 511. The van der Waals surface area contributed by atoms with Crippen LogP contribution in [-0.2, 0) is 0 Å². The summed E-state index contributed by atoms with van der Waals surface area (Å²) in [5.74, 6) is 0.577. The summed E-state index contributed by atoms with van der Waals surface area (Å²) in [6.07, 6.45) is 8.56. The van der Waals surface area contributed by atoms with E-state index in [1.807, 2.05) is 0 Å². The highest BCUT2D eigenvalue weighted by molar-refractivity contribution is 5.66. The zero-order chi connectivity index (χ0) is 14.4. The minimum absolute atomic E-state index is 0.577. The van der Waals surface area contributed by atoms with Gasteiger partial charge in [-0.3, -0.25) is 0 Å². The molecule has 1 aromatic carbocycles. The Kier molecular flexibility index (Phi) is 5.82. The van der Waals surface area contributed by atoms with Crippen LogP contribution in [0.15, 0.2) is 48.1 Å². The maximum absolute atomic E-state index is 2.32. The van der Waals surface area contributed by atoms with Crippen LogP contribution in [0.25, 0.3) is 5.57 Å². The molecule has 0 amide bonds. The van der Waals surface area contributed by atoms with Gasteiger partial charge in [0.05, 0.1) is 0 Å². The topological polar surface area (TPSA) is 0 Å². The average molecular weight is 254 g/mol. The smallest absolute Gasteiger partial charge is 0.0216 e. The monoisotopic (exact) mass is 254 g/mol. The molecular formula is C19H26. The minimum Gasteiger partial charge on any atom is -0.0847 e. The Morgan fingerprint density at radius 3 is 2.42 bits per heavy atom. The number of allylic oxidation sites excluding steroid dienone is 6. The molecule has 0 unspecified atom stereocenters. The van der Waals surface area contributed by atoms with E-state index in [0.717, 1.165) is 0 Å². The molecular weight excluding hydrogens is 228 g/mol. The largest absolute Gasteiger partial charge is 0.0847 e. The van der Waals surface area contributed by atoms with Crippen molar-refractivity contribution in [3.8, 4) is 0 Å². The van der Waals surface area contributed by atoms with Gasteiger partial charge in [-0.25, -0.2) is 0 Å². The lowest BCUT2D eigenvalue weighted by Crippen LogP contribution is -1.93. The SMILES string of the molecule is CC=C(C)C=CC=C(C)c1ccc(C)c(C(C)C)c1. The van der Waals surface area contributed by atoms with Crippen molar-refractivity contribution >= 4 is 5.57 Å². The second kappa shape index (κ2) is 7.13. The van der Waals surface area contributed by atoms with Gasteiger partial charge in [-0.1, -0.05) is 61.9 Å². The van der Waals surface area contributed by atoms with Gasteiger partial charge >= 0.3 is 0 Å². The standard InChI is InChI=1S/C19H26/c1-7-15(4)9-8-10-16(5)18-12-11-17(6)19(13-18)14(2)3/h7-14H,1-6H3. The van der Waals surface area contributed by atoms with Crippen molar-refractivity contribution in [1.82, 2.24) is 0 Å². The maximum Gasteiger partial charge on any atom is -0.0216 e. The average Bonchev–Trinajstić information content (AvgIpc) is 2.38. The van der Waals surface area contributed by atoms with E-state index in [9.17, 15) is 0 Å². The molecule has 0 heterocycles. The van der Waals surface area contributed by atoms with Crippen molar-refractivity contribution in [2.45, 2.75) is 47.5 Å². The first-order valence-corrected chi connectivity index (χ1v) is 7.04. The zero-order valence-electron chi connectivity index (χ0n) is 13.1. The Morgan fingerprint density at radius 2 is 1.84 bits per heavy atom. The van der Waals surface area contributed by atoms with Gasteiger partial charge in [-0.05, 0) is 55.9 Å². The van der Waals surface area contributed by atoms with Crippen molar-refractivity contribution in [3.05, 3.63) is 64.8 Å². The van der Waals surface area contributed by atoms with Gasteiger partial charge in [-0.2, -0.15) is 0 Å². The predicted octanol–water partition coefficient (Wildman–Crippen LogP) is 6.04. The summed E-state index contributed by atoms with van der Waals surface area (Å²) >= 11 is 0. The second-order valence-electron chi connectivity index (χ2n) is 5.47. The lowest BCUT2D eigenvalue weighted by atomic mass is 9.93. The quantitative estimate of drug-likeness (QED) is 0.574. The Hall–Kier alpha value is -1.56. The number of hydrogen-bond acceptors (Lipinski definition) is 0. The molecule has 1 aromatic rings. The molecule has 0 aromatic heterocycles. The van der Waals surface area contributed by atoms with Crippen LogP contribution in [0, 0.1) is 6.92 Å². The lowest BCUT2D eigenvalue weighted by molar-refractivity contribution is 0.856. The molecule has 0 bridgehead atoms. The Balaban J connectivity index is 3.00. The molecule has 1 rings (SSSR count). The third-order valence-electron chi connectivity index (χ3n) is 3.52.